The Morgan fingerprint density at radius 2 is 1.67 bits per heavy atom. The van der Waals surface area contributed by atoms with Crippen LogP contribution in [0.2, 0.25) is 0 Å². The van der Waals surface area contributed by atoms with Crippen molar-refractivity contribution < 1.29 is 4.89 Å². The normalized spacial score (nSPS) is 20.1. The number of hydrogen-bond donors (Lipinski definition) is 2. The third-order valence-electron chi connectivity index (χ3n) is 3.11. The van der Waals surface area contributed by atoms with E-state index in [1.165, 1.54) is 24.8 Å². The van der Waals surface area contributed by atoms with Crippen molar-refractivity contribution in [3.63, 3.8) is 0 Å². The van der Waals surface area contributed by atoms with E-state index in [2.05, 4.69) is 0 Å². The molecule has 0 amide bonds. The molecule has 0 unspecified atom stereocenters. The van der Waals surface area contributed by atoms with E-state index < -0.39 is 7.49 Å². The summed E-state index contributed by atoms with van der Waals surface area (Å²) >= 11 is 0. The summed E-state index contributed by atoms with van der Waals surface area (Å²) < 4.78 is 0. The molecule has 0 spiro atoms. The van der Waals surface area contributed by atoms with Gasteiger partial charge in [0, 0.05) is 5.69 Å². The molecule has 82 valence electrons. The van der Waals surface area contributed by atoms with Crippen LogP contribution in [-0.4, -0.2) is 17.2 Å². The molecule has 0 saturated carbocycles. The molecule has 2 rings (SSSR count). The van der Waals surface area contributed by atoms with Crippen molar-refractivity contribution in [1.29, 1.82) is 0 Å². The van der Waals surface area contributed by atoms with Crippen molar-refractivity contribution in [1.82, 2.24) is 0 Å². The lowest BCUT2D eigenvalue weighted by atomic mass is 10.2. The first-order chi connectivity index (χ1) is 7.18. The maximum atomic E-state index is 10.5. The zero-order valence-electron chi connectivity index (χ0n) is 9.02. The highest BCUT2D eigenvalue weighted by atomic mass is 31.2. The SMILES string of the molecule is Nc1ccc(C[P+]2(O)CCCCC2)cc1. The van der Waals surface area contributed by atoms with Crippen LogP contribution in [0.3, 0.4) is 0 Å². The van der Waals surface area contributed by atoms with Crippen molar-refractivity contribution >= 4 is 13.2 Å². The second-order valence-corrected chi connectivity index (χ2v) is 7.90. The minimum absolute atomic E-state index is 0.799. The average molecular weight is 224 g/mol. The van der Waals surface area contributed by atoms with Gasteiger partial charge in [-0.15, -0.1) is 0 Å². The molecular weight excluding hydrogens is 205 g/mol. The van der Waals surface area contributed by atoms with Gasteiger partial charge in [-0.2, -0.15) is 0 Å². The lowest BCUT2D eigenvalue weighted by Gasteiger charge is -2.24. The predicted molar refractivity (Wildman–Crippen MR) is 67.3 cm³/mol. The first-order valence-corrected chi connectivity index (χ1v) is 7.91. The number of rotatable bonds is 2. The molecule has 15 heavy (non-hydrogen) atoms. The third-order valence-corrected chi connectivity index (χ3v) is 6.36. The monoisotopic (exact) mass is 224 g/mol. The molecular formula is C12H19NOP+. The quantitative estimate of drug-likeness (QED) is 0.599. The lowest BCUT2D eigenvalue weighted by Crippen LogP contribution is -2.11. The second-order valence-electron chi connectivity index (χ2n) is 4.50. The smallest absolute Gasteiger partial charge is 0.146 e. The Bertz CT molecular complexity index is 317. The Labute approximate surface area is 91.9 Å². The highest BCUT2D eigenvalue weighted by Crippen LogP contribution is 2.60. The summed E-state index contributed by atoms with van der Waals surface area (Å²) in [5.74, 6) is 0. The van der Waals surface area contributed by atoms with Crippen LogP contribution >= 0.6 is 7.49 Å². The Morgan fingerprint density at radius 1 is 1.07 bits per heavy atom. The van der Waals surface area contributed by atoms with Crippen molar-refractivity contribution in [3.8, 4) is 0 Å². The molecule has 0 radical (unpaired) electrons. The molecule has 1 aliphatic heterocycles. The average Bonchev–Trinajstić information content (AvgIpc) is 2.22. The van der Waals surface area contributed by atoms with E-state index in [4.69, 9.17) is 5.73 Å². The summed E-state index contributed by atoms with van der Waals surface area (Å²) in [6.07, 6.45) is 6.70. The molecule has 3 N–H and O–H groups in total. The van der Waals surface area contributed by atoms with E-state index in [0.29, 0.717) is 0 Å². The molecule has 1 aromatic rings. The van der Waals surface area contributed by atoms with Gasteiger partial charge in [-0.1, -0.05) is 12.1 Å². The van der Waals surface area contributed by atoms with Gasteiger partial charge in [0.25, 0.3) is 0 Å². The predicted octanol–water partition coefficient (Wildman–Crippen LogP) is 2.88. The van der Waals surface area contributed by atoms with Crippen LogP contribution in [0.5, 0.6) is 0 Å². The van der Waals surface area contributed by atoms with Crippen LogP contribution in [0.15, 0.2) is 24.3 Å². The summed E-state index contributed by atoms with van der Waals surface area (Å²) in [6, 6.07) is 7.93. The standard InChI is InChI=1S/C12H19NOP/c13-12-6-4-11(5-7-12)10-15(14)8-2-1-3-9-15/h4-7,14H,1-3,8-10,13H2/q+1. The van der Waals surface area contributed by atoms with Crippen molar-refractivity contribution in [2.24, 2.45) is 0 Å². The van der Waals surface area contributed by atoms with Gasteiger partial charge in [-0.3, -0.25) is 4.89 Å². The minimum Gasteiger partial charge on any atom is -0.399 e. The minimum atomic E-state index is -1.64. The van der Waals surface area contributed by atoms with Gasteiger partial charge in [0.05, 0.1) is 12.3 Å². The van der Waals surface area contributed by atoms with Gasteiger partial charge in [0.15, 0.2) is 0 Å². The van der Waals surface area contributed by atoms with E-state index in [9.17, 15) is 4.89 Å². The van der Waals surface area contributed by atoms with Crippen LogP contribution < -0.4 is 5.73 Å². The largest absolute Gasteiger partial charge is 0.399 e. The number of hydrogen-bond acceptors (Lipinski definition) is 2. The number of benzene rings is 1. The summed E-state index contributed by atoms with van der Waals surface area (Å²) in [5.41, 5.74) is 7.68. The van der Waals surface area contributed by atoms with Crippen LogP contribution in [0.25, 0.3) is 0 Å². The topological polar surface area (TPSA) is 46.2 Å². The number of nitrogen functional groups attached to an aromatic ring is 1. The molecule has 0 atom stereocenters. The molecule has 1 aromatic carbocycles. The first-order valence-electron chi connectivity index (χ1n) is 5.61. The molecule has 3 heteroatoms. The Balaban J connectivity index is 2.03. The summed E-state index contributed by atoms with van der Waals surface area (Å²) in [5, 5.41) is 0. The number of anilines is 1. The van der Waals surface area contributed by atoms with E-state index in [1.807, 2.05) is 24.3 Å². The van der Waals surface area contributed by atoms with E-state index in [0.717, 1.165) is 24.2 Å². The molecule has 2 nitrogen and oxygen atoms in total. The van der Waals surface area contributed by atoms with Gasteiger partial charge in [-0.05, 0) is 37.0 Å². The second kappa shape index (κ2) is 4.51. The third kappa shape index (κ3) is 2.93. The summed E-state index contributed by atoms with van der Waals surface area (Å²) in [6.45, 7) is 0. The van der Waals surface area contributed by atoms with E-state index >= 15 is 0 Å². The van der Waals surface area contributed by atoms with Gasteiger partial charge < -0.3 is 5.73 Å². The Hall–Kier alpha value is -0.590. The summed E-state index contributed by atoms with van der Waals surface area (Å²) in [4.78, 5) is 10.5. The van der Waals surface area contributed by atoms with Crippen LogP contribution in [0, 0.1) is 0 Å². The molecule has 1 saturated heterocycles. The van der Waals surface area contributed by atoms with Gasteiger partial charge >= 0.3 is 0 Å². The van der Waals surface area contributed by atoms with Crippen molar-refractivity contribution in [2.45, 2.75) is 25.4 Å². The fourth-order valence-electron chi connectivity index (χ4n) is 2.22. The zero-order chi connectivity index (χ0) is 10.7. The zero-order valence-corrected chi connectivity index (χ0v) is 9.92. The molecule has 0 aromatic heterocycles. The van der Waals surface area contributed by atoms with E-state index in [1.54, 1.807) is 0 Å². The molecule has 1 heterocycles. The highest BCUT2D eigenvalue weighted by molar-refractivity contribution is 7.69. The maximum Gasteiger partial charge on any atom is 0.146 e. The fourth-order valence-corrected chi connectivity index (χ4v) is 5.28. The Kier molecular flexibility index (Phi) is 3.28. The molecule has 0 aliphatic carbocycles. The number of nitrogens with two attached hydrogens (primary N) is 1. The fraction of sp³-hybridized carbons (Fsp3) is 0.500. The van der Waals surface area contributed by atoms with Gasteiger partial charge in [-0.25, -0.2) is 0 Å². The molecule has 1 fully saturated rings. The molecule has 1 aliphatic rings. The van der Waals surface area contributed by atoms with Crippen LogP contribution in [0.4, 0.5) is 5.69 Å². The van der Waals surface area contributed by atoms with Crippen LogP contribution in [-0.2, 0) is 6.16 Å². The lowest BCUT2D eigenvalue weighted by molar-refractivity contribution is 0.565. The van der Waals surface area contributed by atoms with Crippen LogP contribution in [0.1, 0.15) is 24.8 Å². The highest BCUT2D eigenvalue weighted by Gasteiger charge is 2.37. The summed E-state index contributed by atoms with van der Waals surface area (Å²) in [7, 11) is -1.64. The van der Waals surface area contributed by atoms with Gasteiger partial charge in [0.1, 0.15) is 13.7 Å². The van der Waals surface area contributed by atoms with Crippen molar-refractivity contribution in [2.75, 3.05) is 18.1 Å². The first kappa shape index (κ1) is 10.9. The Morgan fingerprint density at radius 3 is 2.27 bits per heavy atom. The van der Waals surface area contributed by atoms with E-state index in [-0.39, 0.29) is 0 Å². The van der Waals surface area contributed by atoms with Crippen molar-refractivity contribution in [3.05, 3.63) is 29.8 Å². The molecule has 0 bridgehead atoms. The van der Waals surface area contributed by atoms with Gasteiger partial charge in [0.2, 0.25) is 0 Å². The maximum absolute atomic E-state index is 10.5.